The number of nitrogens with two attached hydrogens (primary N) is 1. The van der Waals surface area contributed by atoms with Crippen LogP contribution in [0.3, 0.4) is 0 Å². The number of amides is 1. The maximum atomic E-state index is 10.9. The van der Waals surface area contributed by atoms with Gasteiger partial charge in [0.15, 0.2) is 0 Å². The molecule has 1 fully saturated rings. The lowest BCUT2D eigenvalue weighted by atomic mass is 9.93. The van der Waals surface area contributed by atoms with Crippen LogP contribution in [0.25, 0.3) is 0 Å². The summed E-state index contributed by atoms with van der Waals surface area (Å²) in [4.78, 5) is 10.9. The van der Waals surface area contributed by atoms with Gasteiger partial charge in [0.2, 0.25) is 5.91 Å². The second kappa shape index (κ2) is 5.12. The van der Waals surface area contributed by atoms with Gasteiger partial charge in [0, 0.05) is 18.4 Å². The summed E-state index contributed by atoms with van der Waals surface area (Å²) in [6.45, 7) is 4.37. The molecule has 0 saturated heterocycles. The molecule has 20 heavy (non-hydrogen) atoms. The first-order valence-electron chi connectivity index (χ1n) is 7.63. The Morgan fingerprint density at radius 2 is 2.30 bits per heavy atom. The third-order valence-electron chi connectivity index (χ3n) is 4.81. The standard InChI is InChI=1S/C17H23NO2/c1-10(6-7-17(18)19)13-9-14(13)12-4-3-5-16-15(12)8-11(2)20-16/h3-5,10-11,13-14H,6-9H2,1-2H3,(H2,18,19). The number of ether oxygens (including phenoxy) is 1. The highest BCUT2D eigenvalue weighted by molar-refractivity contribution is 5.73. The zero-order valence-electron chi connectivity index (χ0n) is 12.3. The zero-order valence-corrected chi connectivity index (χ0v) is 12.3. The van der Waals surface area contributed by atoms with Crippen molar-refractivity contribution in [2.45, 2.75) is 51.6 Å². The largest absolute Gasteiger partial charge is 0.490 e. The molecule has 3 rings (SSSR count). The number of primary amides is 1. The fourth-order valence-corrected chi connectivity index (χ4v) is 3.59. The predicted molar refractivity (Wildman–Crippen MR) is 78.7 cm³/mol. The summed E-state index contributed by atoms with van der Waals surface area (Å²) >= 11 is 0. The number of carbonyl (C=O) groups is 1. The number of rotatable bonds is 5. The molecule has 1 aliphatic heterocycles. The minimum atomic E-state index is -0.183. The summed E-state index contributed by atoms with van der Waals surface area (Å²) < 4.78 is 5.84. The maximum absolute atomic E-state index is 10.9. The van der Waals surface area contributed by atoms with Gasteiger partial charge in [0.05, 0.1) is 0 Å². The Hall–Kier alpha value is -1.51. The van der Waals surface area contributed by atoms with Gasteiger partial charge in [-0.25, -0.2) is 0 Å². The molecule has 0 radical (unpaired) electrons. The molecule has 0 bridgehead atoms. The van der Waals surface area contributed by atoms with Gasteiger partial charge < -0.3 is 10.5 Å². The van der Waals surface area contributed by atoms with Crippen molar-refractivity contribution in [2.24, 2.45) is 17.6 Å². The molecule has 3 nitrogen and oxygen atoms in total. The molecule has 0 spiro atoms. The van der Waals surface area contributed by atoms with Crippen molar-refractivity contribution < 1.29 is 9.53 Å². The molecule has 1 heterocycles. The minimum absolute atomic E-state index is 0.183. The summed E-state index contributed by atoms with van der Waals surface area (Å²) in [5.74, 6) is 2.82. The van der Waals surface area contributed by atoms with Crippen molar-refractivity contribution in [3.63, 3.8) is 0 Å². The predicted octanol–water partition coefficient (Wildman–Crippen LogP) is 3.02. The summed E-state index contributed by atoms with van der Waals surface area (Å²) in [6, 6.07) is 6.44. The Morgan fingerprint density at radius 1 is 1.50 bits per heavy atom. The normalized spacial score (nSPS) is 28.6. The highest BCUT2D eigenvalue weighted by Gasteiger charge is 2.43. The number of carbonyl (C=O) groups excluding carboxylic acids is 1. The molecule has 1 saturated carbocycles. The molecule has 1 amide bonds. The molecule has 108 valence electrons. The van der Waals surface area contributed by atoms with Gasteiger partial charge in [-0.3, -0.25) is 4.79 Å². The Labute approximate surface area is 120 Å². The van der Waals surface area contributed by atoms with Crippen LogP contribution >= 0.6 is 0 Å². The van der Waals surface area contributed by atoms with Crippen molar-refractivity contribution >= 4 is 5.91 Å². The molecule has 4 unspecified atom stereocenters. The SMILES string of the molecule is CC1Cc2c(cccc2C2CC2C(C)CCC(N)=O)O1. The molecule has 2 N–H and O–H groups in total. The average Bonchev–Trinajstić information content (AvgIpc) is 3.09. The first-order valence-corrected chi connectivity index (χ1v) is 7.63. The van der Waals surface area contributed by atoms with Crippen LogP contribution in [0.15, 0.2) is 18.2 Å². The fraction of sp³-hybridized carbons (Fsp3) is 0.588. The summed E-state index contributed by atoms with van der Waals surface area (Å²) in [5.41, 5.74) is 8.13. The number of fused-ring (bicyclic) bond motifs is 1. The molecular weight excluding hydrogens is 250 g/mol. The van der Waals surface area contributed by atoms with E-state index in [-0.39, 0.29) is 5.91 Å². The van der Waals surface area contributed by atoms with Crippen LogP contribution in [0, 0.1) is 11.8 Å². The lowest BCUT2D eigenvalue weighted by Crippen LogP contribution is -2.12. The molecule has 2 aliphatic rings. The fourth-order valence-electron chi connectivity index (χ4n) is 3.59. The van der Waals surface area contributed by atoms with Crippen molar-refractivity contribution in [3.05, 3.63) is 29.3 Å². The highest BCUT2D eigenvalue weighted by atomic mass is 16.5. The topological polar surface area (TPSA) is 52.3 Å². The molecule has 4 atom stereocenters. The van der Waals surface area contributed by atoms with Crippen molar-refractivity contribution in [1.82, 2.24) is 0 Å². The van der Waals surface area contributed by atoms with Gasteiger partial charge in [0.25, 0.3) is 0 Å². The quantitative estimate of drug-likeness (QED) is 0.896. The molecule has 1 aromatic carbocycles. The molecular formula is C17H23NO2. The molecule has 0 aromatic heterocycles. The summed E-state index contributed by atoms with van der Waals surface area (Å²) in [5, 5.41) is 0. The van der Waals surface area contributed by atoms with Gasteiger partial charge >= 0.3 is 0 Å². The lowest BCUT2D eigenvalue weighted by molar-refractivity contribution is -0.118. The average molecular weight is 273 g/mol. The Bertz CT molecular complexity index is 526. The van der Waals surface area contributed by atoms with E-state index in [2.05, 4.69) is 32.0 Å². The molecule has 1 aromatic rings. The first-order chi connectivity index (χ1) is 9.56. The van der Waals surface area contributed by atoms with E-state index in [1.807, 2.05) is 0 Å². The van der Waals surface area contributed by atoms with Crippen molar-refractivity contribution in [1.29, 1.82) is 0 Å². The maximum Gasteiger partial charge on any atom is 0.217 e. The van der Waals surface area contributed by atoms with E-state index in [0.29, 0.717) is 30.3 Å². The summed E-state index contributed by atoms with van der Waals surface area (Å²) in [7, 11) is 0. The number of hydrogen-bond acceptors (Lipinski definition) is 2. The highest BCUT2D eigenvalue weighted by Crippen LogP contribution is 2.55. The minimum Gasteiger partial charge on any atom is -0.490 e. The van der Waals surface area contributed by atoms with Crippen LogP contribution in [0.5, 0.6) is 5.75 Å². The monoisotopic (exact) mass is 273 g/mol. The van der Waals surface area contributed by atoms with Crippen LogP contribution in [-0.4, -0.2) is 12.0 Å². The third kappa shape index (κ3) is 2.54. The smallest absolute Gasteiger partial charge is 0.217 e. The van der Waals surface area contributed by atoms with Gasteiger partial charge in [-0.2, -0.15) is 0 Å². The van der Waals surface area contributed by atoms with Crippen LogP contribution in [-0.2, 0) is 11.2 Å². The molecule has 1 aliphatic carbocycles. The van der Waals surface area contributed by atoms with E-state index in [4.69, 9.17) is 10.5 Å². The van der Waals surface area contributed by atoms with Crippen LogP contribution < -0.4 is 10.5 Å². The lowest BCUT2D eigenvalue weighted by Gasteiger charge is -2.11. The van der Waals surface area contributed by atoms with Gasteiger partial charge in [0.1, 0.15) is 11.9 Å². The molecule has 3 heteroatoms. The second-order valence-electron chi connectivity index (χ2n) is 6.44. The van der Waals surface area contributed by atoms with Crippen LogP contribution in [0.2, 0.25) is 0 Å². The van der Waals surface area contributed by atoms with E-state index in [0.717, 1.165) is 18.6 Å². The van der Waals surface area contributed by atoms with Crippen molar-refractivity contribution in [2.75, 3.05) is 0 Å². The summed E-state index contributed by atoms with van der Waals surface area (Å²) in [6.07, 6.45) is 4.00. The van der Waals surface area contributed by atoms with E-state index in [9.17, 15) is 4.79 Å². The van der Waals surface area contributed by atoms with Crippen LogP contribution in [0.1, 0.15) is 50.2 Å². The van der Waals surface area contributed by atoms with Crippen molar-refractivity contribution in [3.8, 4) is 5.75 Å². The van der Waals surface area contributed by atoms with E-state index >= 15 is 0 Å². The van der Waals surface area contributed by atoms with Crippen LogP contribution in [0.4, 0.5) is 0 Å². The number of benzene rings is 1. The third-order valence-corrected chi connectivity index (χ3v) is 4.81. The number of hydrogen-bond donors (Lipinski definition) is 1. The van der Waals surface area contributed by atoms with E-state index < -0.39 is 0 Å². The Kier molecular flexibility index (Phi) is 3.45. The van der Waals surface area contributed by atoms with Gasteiger partial charge in [-0.05, 0) is 49.1 Å². The van der Waals surface area contributed by atoms with E-state index in [1.165, 1.54) is 17.5 Å². The zero-order chi connectivity index (χ0) is 14.3. The van der Waals surface area contributed by atoms with E-state index in [1.54, 1.807) is 0 Å². The second-order valence-corrected chi connectivity index (χ2v) is 6.44. The van der Waals surface area contributed by atoms with Gasteiger partial charge in [-0.1, -0.05) is 19.1 Å². The Balaban J connectivity index is 1.68. The first kappa shape index (κ1) is 13.5. The Morgan fingerprint density at radius 3 is 3.05 bits per heavy atom. The van der Waals surface area contributed by atoms with Gasteiger partial charge in [-0.15, -0.1) is 0 Å².